The summed E-state index contributed by atoms with van der Waals surface area (Å²) in [5.41, 5.74) is 3.48. The van der Waals surface area contributed by atoms with Gasteiger partial charge in [-0.3, -0.25) is 4.79 Å². The molecule has 0 radical (unpaired) electrons. The molecule has 0 aromatic heterocycles. The molecule has 4 aromatic rings. The first kappa shape index (κ1) is 19.4. The first-order valence-electron chi connectivity index (χ1n) is 8.92. The highest BCUT2D eigenvalue weighted by Crippen LogP contribution is 2.28. The molecule has 0 aliphatic heterocycles. The fourth-order valence-electron chi connectivity index (χ4n) is 3.12. The van der Waals surface area contributed by atoms with Gasteiger partial charge in [-0.05, 0) is 61.7 Å². The van der Waals surface area contributed by atoms with Crippen LogP contribution < -0.4 is 10.2 Å². The smallest absolute Gasteiger partial charge is 0.277 e. The summed E-state index contributed by atoms with van der Waals surface area (Å²) in [7, 11) is 0. The molecule has 6 heteroatoms. The van der Waals surface area contributed by atoms with Crippen LogP contribution in [0.25, 0.3) is 21.5 Å². The lowest BCUT2D eigenvalue weighted by Gasteiger charge is -2.08. The number of nitrogens with zero attached hydrogens (tertiary/aromatic N) is 1. The number of ether oxygens (including phenoxy) is 1. The van der Waals surface area contributed by atoms with Crippen LogP contribution in [0.2, 0.25) is 5.02 Å². The second kappa shape index (κ2) is 8.64. The maximum absolute atomic E-state index is 12.1. The van der Waals surface area contributed by atoms with E-state index in [0.717, 1.165) is 27.1 Å². The lowest BCUT2D eigenvalue weighted by molar-refractivity contribution is -0.123. The van der Waals surface area contributed by atoms with Crippen molar-refractivity contribution in [2.24, 2.45) is 5.10 Å². The van der Waals surface area contributed by atoms with E-state index >= 15 is 0 Å². The quantitative estimate of drug-likeness (QED) is 0.224. The average Bonchev–Trinajstić information content (AvgIpc) is 2.72. The Balaban J connectivity index is 1.51. The summed E-state index contributed by atoms with van der Waals surface area (Å²) in [5.74, 6) is 0.182. The third-order valence-corrected chi connectivity index (χ3v) is 5.30. The van der Waals surface area contributed by atoms with E-state index in [2.05, 4.69) is 44.7 Å². The van der Waals surface area contributed by atoms with Gasteiger partial charge in [0.05, 0.1) is 10.7 Å². The van der Waals surface area contributed by atoms with Gasteiger partial charge in [-0.25, -0.2) is 5.43 Å². The van der Waals surface area contributed by atoms with Gasteiger partial charge in [0.2, 0.25) is 0 Å². The Morgan fingerprint density at radius 3 is 2.31 bits per heavy atom. The fourth-order valence-corrected chi connectivity index (χ4v) is 3.92. The minimum Gasteiger partial charge on any atom is -0.483 e. The zero-order chi connectivity index (χ0) is 20.2. The maximum Gasteiger partial charge on any atom is 0.277 e. The first-order chi connectivity index (χ1) is 14.1. The van der Waals surface area contributed by atoms with Gasteiger partial charge in [-0.1, -0.05) is 60.1 Å². The fraction of sp³-hybridized carbons (Fsp3) is 0.0435. The molecule has 4 aromatic carbocycles. The third-order valence-electron chi connectivity index (χ3n) is 4.45. The average molecular weight is 468 g/mol. The number of hydrogen-bond acceptors (Lipinski definition) is 3. The zero-order valence-corrected chi connectivity index (χ0v) is 17.6. The van der Waals surface area contributed by atoms with E-state index in [9.17, 15) is 4.79 Å². The molecule has 0 heterocycles. The van der Waals surface area contributed by atoms with Crippen LogP contribution in [-0.2, 0) is 4.79 Å². The Morgan fingerprint density at radius 1 is 1.00 bits per heavy atom. The minimum atomic E-state index is -0.354. The van der Waals surface area contributed by atoms with Crippen molar-refractivity contribution in [3.8, 4) is 5.75 Å². The van der Waals surface area contributed by atoms with Crippen LogP contribution in [0, 0.1) is 0 Å². The summed E-state index contributed by atoms with van der Waals surface area (Å²) >= 11 is 9.26. The summed E-state index contributed by atoms with van der Waals surface area (Å²) in [6, 6.07) is 23.5. The van der Waals surface area contributed by atoms with Gasteiger partial charge in [0.25, 0.3) is 5.91 Å². The molecule has 144 valence electrons. The second-order valence-electron chi connectivity index (χ2n) is 6.39. The van der Waals surface area contributed by atoms with E-state index < -0.39 is 0 Å². The molecule has 29 heavy (non-hydrogen) atoms. The number of rotatable bonds is 5. The number of hydrazone groups is 1. The predicted octanol–water partition coefficient (Wildman–Crippen LogP) is 5.94. The summed E-state index contributed by atoms with van der Waals surface area (Å²) < 4.78 is 6.19. The summed E-state index contributed by atoms with van der Waals surface area (Å²) in [6.07, 6.45) is 1.68. The minimum absolute atomic E-state index is 0.159. The van der Waals surface area contributed by atoms with Gasteiger partial charge < -0.3 is 4.74 Å². The molecule has 4 rings (SSSR count). The Labute approximate surface area is 181 Å². The highest BCUT2D eigenvalue weighted by Gasteiger charge is 2.07. The Bertz CT molecular complexity index is 1190. The Kier molecular flexibility index (Phi) is 5.79. The van der Waals surface area contributed by atoms with Crippen molar-refractivity contribution in [2.45, 2.75) is 0 Å². The summed E-state index contributed by atoms with van der Waals surface area (Å²) in [4.78, 5) is 12.1. The van der Waals surface area contributed by atoms with Crippen LogP contribution in [0.1, 0.15) is 5.56 Å². The van der Waals surface area contributed by atoms with Crippen molar-refractivity contribution < 1.29 is 9.53 Å². The Morgan fingerprint density at radius 2 is 1.66 bits per heavy atom. The van der Waals surface area contributed by atoms with Crippen LogP contribution in [0.5, 0.6) is 5.75 Å². The lowest BCUT2D eigenvalue weighted by atomic mass is 9.97. The monoisotopic (exact) mass is 466 g/mol. The molecule has 0 aliphatic carbocycles. The lowest BCUT2D eigenvalue weighted by Crippen LogP contribution is -2.24. The standard InChI is InChI=1S/C23H16BrClN2O2/c24-21-12-17(25)9-10-22(21)29-14-23(28)27-26-13-20-18-7-3-1-5-15(18)11-16-6-2-4-8-19(16)20/h1-13H,14H2,(H,27,28)/b26-13-. The van der Waals surface area contributed by atoms with E-state index in [1.165, 1.54) is 0 Å². The number of amides is 1. The number of fused-ring (bicyclic) bond motifs is 2. The number of halogens is 2. The maximum atomic E-state index is 12.1. The van der Waals surface area contributed by atoms with Crippen LogP contribution in [0.4, 0.5) is 0 Å². The molecule has 0 aliphatic rings. The normalized spacial score (nSPS) is 11.2. The topological polar surface area (TPSA) is 50.7 Å². The molecular weight excluding hydrogens is 452 g/mol. The van der Waals surface area contributed by atoms with Gasteiger partial charge in [0, 0.05) is 10.6 Å². The highest BCUT2D eigenvalue weighted by atomic mass is 79.9. The second-order valence-corrected chi connectivity index (χ2v) is 7.68. The number of carbonyl (C=O) groups excluding carboxylic acids is 1. The molecule has 1 N–H and O–H groups in total. The van der Waals surface area contributed by atoms with E-state index in [4.69, 9.17) is 16.3 Å². The van der Waals surface area contributed by atoms with Crippen LogP contribution in [-0.4, -0.2) is 18.7 Å². The largest absolute Gasteiger partial charge is 0.483 e. The third kappa shape index (κ3) is 4.42. The van der Waals surface area contributed by atoms with Crippen molar-refractivity contribution in [1.29, 1.82) is 0 Å². The number of carbonyl (C=O) groups is 1. The van der Waals surface area contributed by atoms with E-state index in [-0.39, 0.29) is 12.5 Å². The predicted molar refractivity (Wildman–Crippen MR) is 122 cm³/mol. The molecule has 0 bridgehead atoms. The number of hydrogen-bond donors (Lipinski definition) is 1. The van der Waals surface area contributed by atoms with Crippen molar-refractivity contribution in [1.82, 2.24) is 5.43 Å². The van der Waals surface area contributed by atoms with E-state index in [1.807, 2.05) is 36.4 Å². The molecule has 0 saturated carbocycles. The van der Waals surface area contributed by atoms with Gasteiger partial charge in [0.1, 0.15) is 5.75 Å². The molecule has 1 amide bonds. The van der Waals surface area contributed by atoms with E-state index in [0.29, 0.717) is 15.2 Å². The first-order valence-corrected chi connectivity index (χ1v) is 10.1. The summed E-state index contributed by atoms with van der Waals surface area (Å²) in [6.45, 7) is -0.159. The number of benzene rings is 4. The molecule has 0 atom stereocenters. The number of nitrogens with one attached hydrogen (secondary N) is 1. The zero-order valence-electron chi connectivity index (χ0n) is 15.2. The van der Waals surface area contributed by atoms with Crippen molar-refractivity contribution >= 4 is 61.2 Å². The van der Waals surface area contributed by atoms with Crippen LogP contribution >= 0.6 is 27.5 Å². The summed E-state index contributed by atoms with van der Waals surface area (Å²) in [5, 5.41) is 9.13. The SMILES string of the molecule is O=C(COc1ccc(Cl)cc1Br)N/N=C\c1c2ccccc2cc2ccccc12. The van der Waals surface area contributed by atoms with E-state index in [1.54, 1.807) is 24.4 Å². The molecule has 4 nitrogen and oxygen atoms in total. The van der Waals surface area contributed by atoms with Crippen molar-refractivity contribution in [2.75, 3.05) is 6.61 Å². The van der Waals surface area contributed by atoms with Gasteiger partial charge in [-0.2, -0.15) is 5.10 Å². The van der Waals surface area contributed by atoms with Crippen LogP contribution in [0.3, 0.4) is 0 Å². The van der Waals surface area contributed by atoms with Gasteiger partial charge in [-0.15, -0.1) is 0 Å². The molecule has 0 fully saturated rings. The van der Waals surface area contributed by atoms with Crippen molar-refractivity contribution in [3.63, 3.8) is 0 Å². The van der Waals surface area contributed by atoms with Crippen LogP contribution in [0.15, 0.2) is 82.4 Å². The Hall–Kier alpha value is -2.89. The molecular formula is C23H16BrClN2O2. The molecule has 0 saturated heterocycles. The molecule has 0 spiro atoms. The highest BCUT2D eigenvalue weighted by molar-refractivity contribution is 9.10. The van der Waals surface area contributed by atoms with Gasteiger partial charge >= 0.3 is 0 Å². The van der Waals surface area contributed by atoms with Gasteiger partial charge in [0.15, 0.2) is 6.61 Å². The van der Waals surface area contributed by atoms with Crippen molar-refractivity contribution in [3.05, 3.63) is 87.9 Å². The molecule has 0 unspecified atom stereocenters.